The number of β-amino-alcohol motifs (C(OH)–C–C–N with tert-alkyl or cyclic N) is 1. The van der Waals surface area contributed by atoms with Crippen LogP contribution < -0.4 is 0 Å². The van der Waals surface area contributed by atoms with Crippen LogP contribution in [0.25, 0.3) is 0 Å². The minimum atomic E-state index is -3.56. The molecule has 1 atom stereocenters. The second-order valence-corrected chi connectivity index (χ2v) is 6.28. The molecule has 0 bridgehead atoms. The molecule has 2 heterocycles. The molecule has 0 amide bonds. The SMILES string of the molecule is Cc1nc(S(=O)(=O)N2CCCC(O)C2)cn1C. The molecule has 1 aromatic rings. The van der Waals surface area contributed by atoms with Gasteiger partial charge in [-0.05, 0) is 19.8 Å². The van der Waals surface area contributed by atoms with Crippen LogP contribution in [0.2, 0.25) is 0 Å². The van der Waals surface area contributed by atoms with E-state index in [0.29, 0.717) is 25.2 Å². The summed E-state index contributed by atoms with van der Waals surface area (Å²) in [6, 6.07) is 0. The van der Waals surface area contributed by atoms with Crippen LogP contribution in [0.1, 0.15) is 18.7 Å². The van der Waals surface area contributed by atoms with Crippen molar-refractivity contribution in [2.75, 3.05) is 13.1 Å². The lowest BCUT2D eigenvalue weighted by molar-refractivity contribution is 0.108. The van der Waals surface area contributed by atoms with Gasteiger partial charge in [-0.15, -0.1) is 0 Å². The van der Waals surface area contributed by atoms with Crippen molar-refractivity contribution in [1.82, 2.24) is 13.9 Å². The third-order valence-electron chi connectivity index (χ3n) is 3.05. The number of aliphatic hydroxyl groups excluding tert-OH is 1. The Hall–Kier alpha value is -0.920. The molecule has 1 aliphatic heterocycles. The Kier molecular flexibility index (Phi) is 3.24. The van der Waals surface area contributed by atoms with Gasteiger partial charge in [0, 0.05) is 26.3 Å². The van der Waals surface area contributed by atoms with Gasteiger partial charge in [-0.3, -0.25) is 0 Å². The zero-order valence-electron chi connectivity index (χ0n) is 10.00. The number of aromatic nitrogens is 2. The molecule has 0 aromatic carbocycles. The number of hydrogen-bond donors (Lipinski definition) is 1. The molecule has 1 fully saturated rings. The molecule has 96 valence electrons. The topological polar surface area (TPSA) is 75.4 Å². The van der Waals surface area contributed by atoms with Crippen LogP contribution in [-0.2, 0) is 17.1 Å². The molecule has 2 rings (SSSR count). The fourth-order valence-corrected chi connectivity index (χ4v) is 3.46. The largest absolute Gasteiger partial charge is 0.392 e. The first-order valence-electron chi connectivity index (χ1n) is 5.59. The standard InChI is InChI=1S/C10H17N3O3S/c1-8-11-10(7-12(8)2)17(15,16)13-5-3-4-9(14)6-13/h7,9,14H,3-6H2,1-2H3. The molecule has 7 heteroatoms. The van der Waals surface area contributed by atoms with Crippen molar-refractivity contribution in [3.63, 3.8) is 0 Å². The summed E-state index contributed by atoms with van der Waals surface area (Å²) in [6.07, 6.45) is 2.29. The van der Waals surface area contributed by atoms with Crippen LogP contribution in [0.15, 0.2) is 11.2 Å². The van der Waals surface area contributed by atoms with Crippen LogP contribution >= 0.6 is 0 Å². The Bertz CT molecular complexity index is 489. The van der Waals surface area contributed by atoms with Crippen molar-refractivity contribution >= 4 is 10.0 Å². The van der Waals surface area contributed by atoms with Gasteiger partial charge >= 0.3 is 0 Å². The lowest BCUT2D eigenvalue weighted by Gasteiger charge is -2.28. The van der Waals surface area contributed by atoms with Gasteiger partial charge < -0.3 is 9.67 Å². The second-order valence-electron chi connectivity index (χ2n) is 4.40. The van der Waals surface area contributed by atoms with Crippen molar-refractivity contribution in [1.29, 1.82) is 0 Å². The van der Waals surface area contributed by atoms with Crippen molar-refractivity contribution in [3.05, 3.63) is 12.0 Å². The highest BCUT2D eigenvalue weighted by atomic mass is 32.2. The first-order chi connectivity index (χ1) is 7.91. The van der Waals surface area contributed by atoms with Crippen LogP contribution in [0, 0.1) is 6.92 Å². The Balaban J connectivity index is 2.29. The summed E-state index contributed by atoms with van der Waals surface area (Å²) in [5, 5.41) is 9.58. The molecule has 0 aliphatic carbocycles. The zero-order chi connectivity index (χ0) is 12.6. The maximum atomic E-state index is 12.2. The minimum absolute atomic E-state index is 0.0617. The maximum Gasteiger partial charge on any atom is 0.262 e. The Morgan fingerprint density at radius 2 is 2.24 bits per heavy atom. The lowest BCUT2D eigenvalue weighted by atomic mass is 10.1. The summed E-state index contributed by atoms with van der Waals surface area (Å²) in [4.78, 5) is 4.03. The number of hydrogen-bond acceptors (Lipinski definition) is 4. The molecule has 1 unspecified atom stereocenters. The quantitative estimate of drug-likeness (QED) is 0.803. The van der Waals surface area contributed by atoms with Crippen molar-refractivity contribution in [3.8, 4) is 0 Å². The lowest BCUT2D eigenvalue weighted by Crippen LogP contribution is -2.42. The predicted octanol–water partition coefficient (Wildman–Crippen LogP) is -0.126. The van der Waals surface area contributed by atoms with E-state index >= 15 is 0 Å². The van der Waals surface area contributed by atoms with E-state index < -0.39 is 16.1 Å². The number of aliphatic hydroxyl groups is 1. The summed E-state index contributed by atoms with van der Waals surface area (Å²) in [7, 11) is -1.80. The van der Waals surface area contributed by atoms with Crippen LogP contribution in [0.5, 0.6) is 0 Å². The van der Waals surface area contributed by atoms with E-state index in [9.17, 15) is 13.5 Å². The van der Waals surface area contributed by atoms with Gasteiger partial charge in [0.15, 0.2) is 5.03 Å². The smallest absolute Gasteiger partial charge is 0.262 e. The molecule has 0 spiro atoms. The molecule has 1 aliphatic rings. The van der Waals surface area contributed by atoms with Crippen LogP contribution in [0.3, 0.4) is 0 Å². The van der Waals surface area contributed by atoms with Gasteiger partial charge in [-0.25, -0.2) is 13.4 Å². The molecule has 1 aromatic heterocycles. The normalized spacial score (nSPS) is 22.9. The predicted molar refractivity (Wildman–Crippen MR) is 61.9 cm³/mol. The van der Waals surface area contributed by atoms with E-state index in [0.717, 1.165) is 0 Å². The van der Waals surface area contributed by atoms with Crippen molar-refractivity contribution in [2.45, 2.75) is 30.9 Å². The van der Waals surface area contributed by atoms with E-state index in [1.165, 1.54) is 10.5 Å². The number of piperidine rings is 1. The molecule has 0 saturated carbocycles. The van der Waals surface area contributed by atoms with E-state index in [2.05, 4.69) is 4.98 Å². The first-order valence-corrected chi connectivity index (χ1v) is 7.03. The third-order valence-corrected chi connectivity index (χ3v) is 4.79. The summed E-state index contributed by atoms with van der Waals surface area (Å²) >= 11 is 0. The van der Waals surface area contributed by atoms with Crippen LogP contribution in [-0.4, -0.2) is 46.6 Å². The van der Waals surface area contributed by atoms with Crippen LogP contribution in [0.4, 0.5) is 0 Å². The Labute approximate surface area is 101 Å². The van der Waals surface area contributed by atoms with E-state index in [1.54, 1.807) is 18.5 Å². The van der Waals surface area contributed by atoms with Gasteiger partial charge in [0.1, 0.15) is 5.82 Å². The summed E-state index contributed by atoms with van der Waals surface area (Å²) < 4.78 is 27.5. The number of sulfonamides is 1. The molecule has 6 nitrogen and oxygen atoms in total. The summed E-state index contributed by atoms with van der Waals surface area (Å²) in [6.45, 7) is 2.37. The second kappa shape index (κ2) is 4.40. The first kappa shape index (κ1) is 12.5. The highest BCUT2D eigenvalue weighted by molar-refractivity contribution is 7.89. The zero-order valence-corrected chi connectivity index (χ0v) is 10.8. The van der Waals surface area contributed by atoms with Gasteiger partial charge in [0.25, 0.3) is 10.0 Å². The van der Waals surface area contributed by atoms with E-state index in [1.807, 2.05) is 0 Å². The van der Waals surface area contributed by atoms with Gasteiger partial charge in [-0.1, -0.05) is 0 Å². The fourth-order valence-electron chi connectivity index (χ4n) is 1.92. The van der Waals surface area contributed by atoms with E-state index in [-0.39, 0.29) is 11.6 Å². The molecule has 0 radical (unpaired) electrons. The highest BCUT2D eigenvalue weighted by Crippen LogP contribution is 2.19. The van der Waals surface area contributed by atoms with Crippen molar-refractivity contribution in [2.24, 2.45) is 7.05 Å². The average Bonchev–Trinajstić information content (AvgIpc) is 2.60. The molecule has 17 heavy (non-hydrogen) atoms. The third kappa shape index (κ3) is 2.36. The van der Waals surface area contributed by atoms with E-state index in [4.69, 9.17) is 0 Å². The number of nitrogens with zero attached hydrogens (tertiary/aromatic N) is 3. The summed E-state index contributed by atoms with van der Waals surface area (Å²) in [5.41, 5.74) is 0. The van der Waals surface area contributed by atoms with Gasteiger partial charge in [0.2, 0.25) is 0 Å². The Morgan fingerprint density at radius 1 is 1.53 bits per heavy atom. The number of rotatable bonds is 2. The molecule has 1 saturated heterocycles. The van der Waals surface area contributed by atoms with Crippen molar-refractivity contribution < 1.29 is 13.5 Å². The van der Waals surface area contributed by atoms with Gasteiger partial charge in [-0.2, -0.15) is 4.31 Å². The molecular formula is C10H17N3O3S. The minimum Gasteiger partial charge on any atom is -0.392 e. The summed E-state index contributed by atoms with van der Waals surface area (Å²) in [5.74, 6) is 0.654. The maximum absolute atomic E-state index is 12.2. The number of aryl methyl sites for hydroxylation is 2. The molecular weight excluding hydrogens is 242 g/mol. The number of imidazole rings is 1. The Morgan fingerprint density at radius 3 is 2.76 bits per heavy atom. The average molecular weight is 259 g/mol. The van der Waals surface area contributed by atoms with Gasteiger partial charge in [0.05, 0.1) is 6.10 Å². The highest BCUT2D eigenvalue weighted by Gasteiger charge is 2.31. The monoisotopic (exact) mass is 259 g/mol. The molecule has 1 N–H and O–H groups in total. The fraction of sp³-hybridized carbons (Fsp3) is 0.700.